The molecular weight excluding hydrogens is 272 g/mol. The number of carbonyl (C=O) groups excluding carboxylic acids is 2. The average molecular weight is 292 g/mol. The molecule has 1 aliphatic rings. The van der Waals surface area contributed by atoms with Gasteiger partial charge >= 0.3 is 0 Å². The summed E-state index contributed by atoms with van der Waals surface area (Å²) in [5, 5.41) is 20.1. The smallest absolute Gasteiger partial charge is 0.232 e. The topological polar surface area (TPSA) is 99.1 Å². The van der Waals surface area contributed by atoms with Crippen LogP contribution in [0.5, 0.6) is 0 Å². The summed E-state index contributed by atoms with van der Waals surface area (Å²) in [5.41, 5.74) is 0. The zero-order valence-electron chi connectivity index (χ0n) is 10.7. The minimum absolute atomic E-state index is 0.00182. The van der Waals surface area contributed by atoms with Crippen LogP contribution in [0.25, 0.3) is 0 Å². The Kier molecular flexibility index (Phi) is 7.80. The number of thioether (sulfide) groups is 1. The second kappa shape index (κ2) is 9.13. The highest BCUT2D eigenvalue weighted by atomic mass is 32.2. The van der Waals surface area contributed by atoms with E-state index in [9.17, 15) is 9.59 Å². The van der Waals surface area contributed by atoms with Crippen LogP contribution >= 0.6 is 11.8 Å². The lowest BCUT2D eigenvalue weighted by Crippen LogP contribution is -2.42. The molecule has 1 fully saturated rings. The van der Waals surface area contributed by atoms with Crippen molar-refractivity contribution in [3.05, 3.63) is 0 Å². The third-order valence-electron chi connectivity index (χ3n) is 2.63. The van der Waals surface area contributed by atoms with Crippen LogP contribution in [-0.2, 0) is 14.3 Å². The molecule has 110 valence electrons. The van der Waals surface area contributed by atoms with Crippen molar-refractivity contribution in [3.8, 4) is 0 Å². The summed E-state index contributed by atoms with van der Waals surface area (Å²) in [6.45, 7) is 1.71. The molecule has 0 saturated carbocycles. The van der Waals surface area contributed by atoms with Crippen molar-refractivity contribution in [2.24, 2.45) is 0 Å². The number of nitrogens with zero attached hydrogens (tertiary/aromatic N) is 1. The van der Waals surface area contributed by atoms with E-state index in [1.54, 1.807) is 4.90 Å². The lowest BCUT2D eigenvalue weighted by Gasteiger charge is -2.26. The second-order valence-electron chi connectivity index (χ2n) is 4.12. The van der Waals surface area contributed by atoms with E-state index in [1.165, 1.54) is 11.8 Å². The van der Waals surface area contributed by atoms with Crippen molar-refractivity contribution in [2.45, 2.75) is 6.04 Å². The molecule has 0 bridgehead atoms. The third kappa shape index (κ3) is 6.24. The molecule has 1 saturated heterocycles. The summed E-state index contributed by atoms with van der Waals surface area (Å²) in [5.74, 6) is 0.0815. The van der Waals surface area contributed by atoms with Crippen LogP contribution in [0, 0.1) is 0 Å². The largest absolute Gasteiger partial charge is 0.394 e. The first kappa shape index (κ1) is 16.2. The molecule has 19 heavy (non-hydrogen) atoms. The summed E-state index contributed by atoms with van der Waals surface area (Å²) in [4.78, 5) is 24.9. The summed E-state index contributed by atoms with van der Waals surface area (Å²) in [6.07, 6.45) is 0. The van der Waals surface area contributed by atoms with Crippen molar-refractivity contribution in [1.29, 1.82) is 0 Å². The minimum Gasteiger partial charge on any atom is -0.394 e. The van der Waals surface area contributed by atoms with Crippen molar-refractivity contribution in [3.63, 3.8) is 0 Å². The summed E-state index contributed by atoms with van der Waals surface area (Å²) < 4.78 is 5.15. The van der Waals surface area contributed by atoms with Crippen molar-refractivity contribution in [2.75, 3.05) is 51.0 Å². The molecule has 0 spiro atoms. The second-order valence-corrected chi connectivity index (χ2v) is 5.10. The molecule has 2 amide bonds. The van der Waals surface area contributed by atoms with Crippen LogP contribution in [0.4, 0.5) is 0 Å². The maximum absolute atomic E-state index is 11.8. The van der Waals surface area contributed by atoms with Crippen molar-refractivity contribution >= 4 is 23.6 Å². The zero-order chi connectivity index (χ0) is 14.1. The molecule has 0 atom stereocenters. The van der Waals surface area contributed by atoms with Crippen LogP contribution in [0.1, 0.15) is 0 Å². The van der Waals surface area contributed by atoms with Gasteiger partial charge in [0.2, 0.25) is 11.8 Å². The SMILES string of the molecule is O=C(CSCC(=O)N1CCOCC1)NC(CO)CO. The van der Waals surface area contributed by atoms with Crippen molar-refractivity contribution < 1.29 is 24.5 Å². The van der Waals surface area contributed by atoms with E-state index in [-0.39, 0.29) is 36.5 Å². The first-order valence-corrected chi connectivity index (χ1v) is 7.27. The number of hydrogen-bond donors (Lipinski definition) is 3. The van der Waals surface area contributed by atoms with Gasteiger partial charge in [-0.2, -0.15) is 0 Å². The van der Waals surface area contributed by atoms with E-state index in [4.69, 9.17) is 14.9 Å². The Labute approximate surface area is 116 Å². The van der Waals surface area contributed by atoms with Gasteiger partial charge in [0.05, 0.1) is 44.0 Å². The van der Waals surface area contributed by atoms with E-state index in [0.29, 0.717) is 26.3 Å². The number of rotatable bonds is 7. The van der Waals surface area contributed by atoms with Gasteiger partial charge in [-0.1, -0.05) is 0 Å². The highest BCUT2D eigenvalue weighted by molar-refractivity contribution is 8.00. The molecule has 0 unspecified atom stereocenters. The van der Waals surface area contributed by atoms with Gasteiger partial charge in [-0.05, 0) is 0 Å². The van der Waals surface area contributed by atoms with Gasteiger partial charge in [-0.25, -0.2) is 0 Å². The monoisotopic (exact) mass is 292 g/mol. The van der Waals surface area contributed by atoms with Crippen LogP contribution in [0.2, 0.25) is 0 Å². The Bertz CT molecular complexity index is 293. The fourth-order valence-corrected chi connectivity index (χ4v) is 2.28. The Balaban J connectivity index is 2.15. The van der Waals surface area contributed by atoms with Gasteiger partial charge in [-0.3, -0.25) is 9.59 Å². The predicted molar refractivity (Wildman–Crippen MR) is 70.8 cm³/mol. The molecule has 0 aromatic carbocycles. The Hall–Kier alpha value is -0.830. The highest BCUT2D eigenvalue weighted by Crippen LogP contribution is 2.05. The van der Waals surface area contributed by atoms with Gasteiger partial charge in [0.1, 0.15) is 0 Å². The number of morpholine rings is 1. The molecule has 0 aromatic heterocycles. The normalized spacial score (nSPS) is 15.6. The van der Waals surface area contributed by atoms with Crippen LogP contribution < -0.4 is 5.32 Å². The maximum atomic E-state index is 11.8. The molecule has 0 aromatic rings. The summed E-state index contributed by atoms with van der Waals surface area (Å²) in [7, 11) is 0. The molecular formula is C11H20N2O5S. The summed E-state index contributed by atoms with van der Waals surface area (Å²) in [6, 6.07) is -0.636. The first-order valence-electron chi connectivity index (χ1n) is 6.11. The number of hydrogen-bond acceptors (Lipinski definition) is 6. The molecule has 1 rings (SSSR count). The first-order chi connectivity index (χ1) is 9.17. The Morgan fingerprint density at radius 3 is 2.42 bits per heavy atom. The number of carbonyl (C=O) groups is 2. The fourth-order valence-electron chi connectivity index (χ4n) is 1.55. The minimum atomic E-state index is -0.636. The standard InChI is InChI=1S/C11H20N2O5S/c14-5-9(6-15)12-10(16)7-19-8-11(17)13-1-3-18-4-2-13/h9,14-15H,1-8H2,(H,12,16). The lowest BCUT2D eigenvalue weighted by atomic mass is 10.3. The number of aliphatic hydroxyl groups excluding tert-OH is 2. The van der Waals surface area contributed by atoms with E-state index in [2.05, 4.69) is 5.32 Å². The quantitative estimate of drug-likeness (QED) is 0.504. The van der Waals surface area contributed by atoms with Gasteiger partial charge in [0, 0.05) is 13.1 Å². The lowest BCUT2D eigenvalue weighted by molar-refractivity contribution is -0.132. The molecule has 1 heterocycles. The zero-order valence-corrected chi connectivity index (χ0v) is 11.5. The van der Waals surface area contributed by atoms with Crippen LogP contribution in [0.3, 0.4) is 0 Å². The van der Waals surface area contributed by atoms with E-state index < -0.39 is 6.04 Å². The van der Waals surface area contributed by atoms with Gasteiger partial charge < -0.3 is 25.2 Å². The molecule has 0 aliphatic carbocycles. The fraction of sp³-hybridized carbons (Fsp3) is 0.818. The molecule has 3 N–H and O–H groups in total. The van der Waals surface area contributed by atoms with Gasteiger partial charge in [0.15, 0.2) is 0 Å². The van der Waals surface area contributed by atoms with E-state index >= 15 is 0 Å². The maximum Gasteiger partial charge on any atom is 0.232 e. The number of ether oxygens (including phenoxy) is 1. The Morgan fingerprint density at radius 1 is 1.21 bits per heavy atom. The van der Waals surface area contributed by atoms with Gasteiger partial charge in [0.25, 0.3) is 0 Å². The van der Waals surface area contributed by atoms with E-state index in [0.717, 1.165) is 0 Å². The average Bonchev–Trinajstić information content (AvgIpc) is 2.45. The van der Waals surface area contributed by atoms with Crippen molar-refractivity contribution in [1.82, 2.24) is 10.2 Å². The van der Waals surface area contributed by atoms with Crippen LogP contribution in [0.15, 0.2) is 0 Å². The highest BCUT2D eigenvalue weighted by Gasteiger charge is 2.17. The van der Waals surface area contributed by atoms with Crippen LogP contribution in [-0.4, -0.2) is 84.0 Å². The number of aliphatic hydroxyl groups is 2. The third-order valence-corrected chi connectivity index (χ3v) is 3.55. The Morgan fingerprint density at radius 2 is 1.84 bits per heavy atom. The predicted octanol–water partition coefficient (Wildman–Crippen LogP) is -1.95. The molecule has 7 nitrogen and oxygen atoms in total. The molecule has 1 aliphatic heterocycles. The molecule has 0 radical (unpaired) electrons. The van der Waals surface area contributed by atoms with Gasteiger partial charge in [-0.15, -0.1) is 11.8 Å². The summed E-state index contributed by atoms with van der Waals surface area (Å²) >= 11 is 1.22. The number of nitrogens with one attached hydrogen (secondary N) is 1. The molecule has 8 heteroatoms. The van der Waals surface area contributed by atoms with E-state index in [1.807, 2.05) is 0 Å². The number of amides is 2.